The van der Waals surface area contributed by atoms with E-state index in [0.29, 0.717) is 28.2 Å². The Bertz CT molecular complexity index is 1210. The Morgan fingerprint density at radius 2 is 1.88 bits per heavy atom. The minimum atomic E-state index is -0.205. The summed E-state index contributed by atoms with van der Waals surface area (Å²) in [6.07, 6.45) is 0. The number of carbonyl (C=O) groups is 1. The molecule has 7 nitrogen and oxygen atoms in total. The zero-order valence-electron chi connectivity index (χ0n) is 18.4. The van der Waals surface area contributed by atoms with Crippen LogP contribution in [0, 0.1) is 6.92 Å². The minimum Gasteiger partial charge on any atom is -0.493 e. The lowest BCUT2D eigenvalue weighted by atomic mass is 10.0. The van der Waals surface area contributed by atoms with E-state index in [4.69, 9.17) is 13.9 Å². The van der Waals surface area contributed by atoms with Crippen molar-refractivity contribution in [1.82, 2.24) is 15.5 Å². The molecule has 0 aliphatic rings. The monoisotopic (exact) mass is 481 g/mol. The smallest absolute Gasteiger partial charge is 0.277 e. The third-order valence-electron chi connectivity index (χ3n) is 4.91. The number of ether oxygens (including phenoxy) is 2. The molecule has 0 bridgehead atoms. The summed E-state index contributed by atoms with van der Waals surface area (Å²) in [5.74, 6) is 1.56. The van der Waals surface area contributed by atoms with E-state index in [-0.39, 0.29) is 17.7 Å². The molecule has 0 aliphatic carbocycles. The number of thioether (sulfide) groups is 1. The molecule has 0 saturated carbocycles. The molecular weight excluding hydrogens is 458 g/mol. The number of methoxy groups -OCH3 is 2. The Kier molecular flexibility index (Phi) is 7.31. The molecule has 1 atom stereocenters. The fraction of sp³-hybridized carbons (Fsp3) is 0.208. The molecule has 2 aromatic heterocycles. The number of carbonyl (C=O) groups excluding carboxylic acids is 1. The van der Waals surface area contributed by atoms with Gasteiger partial charge in [-0.1, -0.05) is 47.7 Å². The molecular formula is C24H23N3O4S2. The Labute approximate surface area is 200 Å². The van der Waals surface area contributed by atoms with E-state index in [1.807, 2.05) is 54.8 Å². The van der Waals surface area contributed by atoms with E-state index in [2.05, 4.69) is 15.5 Å². The van der Waals surface area contributed by atoms with Gasteiger partial charge in [-0.2, -0.15) is 0 Å². The van der Waals surface area contributed by atoms with Crippen molar-refractivity contribution in [2.75, 3.05) is 20.0 Å². The lowest BCUT2D eigenvalue weighted by Crippen LogP contribution is -2.30. The van der Waals surface area contributed by atoms with E-state index in [1.165, 1.54) is 17.3 Å². The van der Waals surface area contributed by atoms with Crippen LogP contribution in [0.3, 0.4) is 0 Å². The number of amides is 1. The number of aryl methyl sites for hydroxylation is 1. The zero-order chi connectivity index (χ0) is 23.2. The Morgan fingerprint density at radius 3 is 2.58 bits per heavy atom. The summed E-state index contributed by atoms with van der Waals surface area (Å²) in [6, 6.07) is 17.3. The molecule has 0 fully saturated rings. The van der Waals surface area contributed by atoms with Crippen molar-refractivity contribution < 1.29 is 18.7 Å². The molecule has 4 aromatic rings. The van der Waals surface area contributed by atoms with Gasteiger partial charge in [0.1, 0.15) is 0 Å². The summed E-state index contributed by atoms with van der Waals surface area (Å²) in [5.41, 5.74) is 2.91. The summed E-state index contributed by atoms with van der Waals surface area (Å²) in [5, 5.41) is 13.6. The minimum absolute atomic E-state index is 0.121. The van der Waals surface area contributed by atoms with Crippen molar-refractivity contribution in [3.8, 4) is 23.0 Å². The molecule has 2 aromatic carbocycles. The van der Waals surface area contributed by atoms with E-state index in [0.717, 1.165) is 10.4 Å². The van der Waals surface area contributed by atoms with Gasteiger partial charge in [0.15, 0.2) is 11.5 Å². The second kappa shape index (κ2) is 10.5. The highest BCUT2D eigenvalue weighted by atomic mass is 32.2. The van der Waals surface area contributed by atoms with E-state index in [9.17, 15) is 4.79 Å². The van der Waals surface area contributed by atoms with E-state index in [1.54, 1.807) is 37.7 Å². The summed E-state index contributed by atoms with van der Waals surface area (Å²) in [4.78, 5) is 13.8. The average Bonchev–Trinajstić information content (AvgIpc) is 3.54. The van der Waals surface area contributed by atoms with Crippen molar-refractivity contribution in [3.63, 3.8) is 0 Å². The van der Waals surface area contributed by atoms with Gasteiger partial charge in [-0.3, -0.25) is 4.79 Å². The van der Waals surface area contributed by atoms with Crippen LogP contribution in [0.5, 0.6) is 11.5 Å². The standard InChI is InChI=1S/C24H23N3O4S2/c1-15-6-8-16(9-7-15)22(20-5-4-12-32-20)25-21(28)14-33-24-27-26-23(31-24)17-10-11-18(29-2)19(13-17)30-3/h4-13,22H,14H2,1-3H3,(H,25,28)/t22-/m1/s1. The Hall–Kier alpha value is -3.30. The first-order valence-corrected chi connectivity index (χ1v) is 12.0. The molecule has 2 heterocycles. The summed E-state index contributed by atoms with van der Waals surface area (Å²) in [7, 11) is 3.14. The first-order valence-electron chi connectivity index (χ1n) is 10.2. The number of hydrogen-bond acceptors (Lipinski definition) is 8. The number of rotatable bonds is 9. The highest BCUT2D eigenvalue weighted by molar-refractivity contribution is 7.99. The first kappa shape index (κ1) is 22.9. The molecule has 0 radical (unpaired) electrons. The van der Waals surface area contributed by atoms with Gasteiger partial charge in [-0.05, 0) is 42.1 Å². The fourth-order valence-corrected chi connectivity index (χ4v) is 4.59. The predicted molar refractivity (Wildman–Crippen MR) is 129 cm³/mol. The molecule has 9 heteroatoms. The van der Waals surface area contributed by atoms with Crippen molar-refractivity contribution >= 4 is 29.0 Å². The number of thiophene rings is 1. The normalized spacial score (nSPS) is 11.7. The van der Waals surface area contributed by atoms with Crippen LogP contribution in [-0.4, -0.2) is 36.1 Å². The number of benzene rings is 2. The fourth-order valence-electron chi connectivity index (χ4n) is 3.22. The molecule has 1 N–H and O–H groups in total. The highest BCUT2D eigenvalue weighted by Gasteiger charge is 2.19. The largest absolute Gasteiger partial charge is 0.493 e. The first-order chi connectivity index (χ1) is 16.1. The van der Waals surface area contributed by atoms with Crippen LogP contribution >= 0.6 is 23.1 Å². The number of nitrogens with zero attached hydrogens (tertiary/aromatic N) is 2. The van der Waals surface area contributed by atoms with E-state index < -0.39 is 0 Å². The second-order valence-corrected chi connectivity index (χ2v) is 9.06. The number of hydrogen-bond donors (Lipinski definition) is 1. The van der Waals surface area contributed by atoms with Gasteiger partial charge in [0, 0.05) is 10.4 Å². The maximum Gasteiger partial charge on any atom is 0.277 e. The molecule has 33 heavy (non-hydrogen) atoms. The molecule has 170 valence electrons. The SMILES string of the molecule is COc1ccc(-c2nnc(SCC(=O)N[C@H](c3ccc(C)cc3)c3cccs3)o2)cc1OC. The van der Waals surface area contributed by atoms with Gasteiger partial charge in [0.2, 0.25) is 11.8 Å². The predicted octanol–water partition coefficient (Wildman–Crippen LogP) is 5.12. The molecule has 0 saturated heterocycles. The summed E-state index contributed by atoms with van der Waals surface area (Å²) < 4.78 is 16.3. The van der Waals surface area contributed by atoms with Crippen LogP contribution in [0.1, 0.15) is 22.0 Å². The third-order valence-corrected chi connectivity index (χ3v) is 6.66. The summed E-state index contributed by atoms with van der Waals surface area (Å²) in [6.45, 7) is 2.04. The molecule has 4 rings (SSSR count). The van der Waals surface area contributed by atoms with Crippen LogP contribution < -0.4 is 14.8 Å². The highest BCUT2D eigenvalue weighted by Crippen LogP contribution is 2.33. The van der Waals surface area contributed by atoms with Gasteiger partial charge in [0.25, 0.3) is 5.22 Å². The van der Waals surface area contributed by atoms with Gasteiger partial charge in [-0.15, -0.1) is 21.5 Å². The zero-order valence-corrected chi connectivity index (χ0v) is 20.0. The van der Waals surface area contributed by atoms with Crippen LogP contribution in [0.15, 0.2) is 69.6 Å². The van der Waals surface area contributed by atoms with Crippen LogP contribution in [-0.2, 0) is 4.79 Å². The Morgan fingerprint density at radius 1 is 1.09 bits per heavy atom. The van der Waals surface area contributed by atoms with Gasteiger partial charge in [0.05, 0.1) is 26.0 Å². The van der Waals surface area contributed by atoms with E-state index >= 15 is 0 Å². The number of nitrogens with one attached hydrogen (secondary N) is 1. The van der Waals surface area contributed by atoms with Gasteiger partial charge in [-0.25, -0.2) is 0 Å². The summed E-state index contributed by atoms with van der Waals surface area (Å²) >= 11 is 2.81. The van der Waals surface area contributed by atoms with Crippen LogP contribution in [0.25, 0.3) is 11.5 Å². The average molecular weight is 482 g/mol. The van der Waals surface area contributed by atoms with Crippen molar-refractivity contribution in [1.29, 1.82) is 0 Å². The van der Waals surface area contributed by atoms with Gasteiger partial charge < -0.3 is 19.2 Å². The third kappa shape index (κ3) is 5.55. The lowest BCUT2D eigenvalue weighted by Gasteiger charge is -2.18. The van der Waals surface area contributed by atoms with Crippen molar-refractivity contribution in [3.05, 3.63) is 76.0 Å². The maximum atomic E-state index is 12.7. The topological polar surface area (TPSA) is 86.5 Å². The van der Waals surface area contributed by atoms with Gasteiger partial charge >= 0.3 is 0 Å². The molecule has 0 aliphatic heterocycles. The second-order valence-electron chi connectivity index (χ2n) is 7.16. The molecule has 1 amide bonds. The van der Waals surface area contributed by atoms with Crippen LogP contribution in [0.4, 0.5) is 0 Å². The maximum absolute atomic E-state index is 12.7. The van der Waals surface area contributed by atoms with Crippen molar-refractivity contribution in [2.24, 2.45) is 0 Å². The quantitative estimate of drug-likeness (QED) is 0.332. The molecule has 0 unspecified atom stereocenters. The lowest BCUT2D eigenvalue weighted by molar-refractivity contribution is -0.119. The van der Waals surface area contributed by atoms with Crippen molar-refractivity contribution in [2.45, 2.75) is 18.2 Å². The molecule has 0 spiro atoms. The number of aromatic nitrogens is 2. The van der Waals surface area contributed by atoms with Crippen LogP contribution in [0.2, 0.25) is 0 Å². The Balaban J connectivity index is 1.41.